The minimum atomic E-state index is -0.719. The largest absolute Gasteiger partial charge is 0.384 e. The molecule has 0 spiro atoms. The Bertz CT molecular complexity index is 399. The van der Waals surface area contributed by atoms with E-state index in [1.54, 1.807) is 0 Å². The molecule has 2 aromatic rings. The molecule has 6 heteroatoms. The van der Waals surface area contributed by atoms with Crippen molar-refractivity contribution >= 4 is 33.1 Å². The molecule has 0 radical (unpaired) electrons. The Balaban J connectivity index is 2.38. The summed E-state index contributed by atoms with van der Waals surface area (Å²) < 4.78 is 0.885. The average molecular weight is 274 g/mol. The number of aliphatic hydroxyl groups excluding tert-OH is 1. The standard InChI is InChI=1S/C8H8BrN3OS/c9-5-1-2-14-7(5)6(13)4-3-11-12-8(4)10/h1-3,6,13H,(H3,10,11,12). The molecule has 74 valence electrons. The van der Waals surface area contributed by atoms with Crippen LogP contribution in [-0.4, -0.2) is 15.3 Å². The van der Waals surface area contributed by atoms with Gasteiger partial charge in [-0.2, -0.15) is 5.10 Å². The van der Waals surface area contributed by atoms with Crippen LogP contribution < -0.4 is 5.73 Å². The van der Waals surface area contributed by atoms with Gasteiger partial charge in [0.25, 0.3) is 0 Å². The molecule has 4 N–H and O–H groups in total. The zero-order valence-corrected chi connectivity index (χ0v) is 9.47. The maximum absolute atomic E-state index is 9.97. The summed E-state index contributed by atoms with van der Waals surface area (Å²) in [4.78, 5) is 0.832. The second-order valence-corrected chi connectivity index (χ2v) is 4.58. The third kappa shape index (κ3) is 1.56. The average Bonchev–Trinajstić information content (AvgIpc) is 2.73. The van der Waals surface area contributed by atoms with Gasteiger partial charge in [-0.05, 0) is 27.4 Å². The molecule has 0 aliphatic carbocycles. The highest BCUT2D eigenvalue weighted by molar-refractivity contribution is 9.10. The lowest BCUT2D eigenvalue weighted by molar-refractivity contribution is 0.224. The molecule has 0 saturated carbocycles. The number of nitrogens with one attached hydrogen (secondary N) is 1. The van der Waals surface area contributed by atoms with E-state index >= 15 is 0 Å². The molecule has 2 rings (SSSR count). The van der Waals surface area contributed by atoms with Crippen LogP contribution in [0, 0.1) is 0 Å². The predicted octanol–water partition coefficient (Wildman–Crippen LogP) is 1.90. The van der Waals surface area contributed by atoms with Gasteiger partial charge in [-0.3, -0.25) is 5.10 Å². The van der Waals surface area contributed by atoms with Crippen LogP contribution in [-0.2, 0) is 0 Å². The van der Waals surface area contributed by atoms with Gasteiger partial charge in [-0.25, -0.2) is 0 Å². The number of H-pyrrole nitrogens is 1. The molecule has 0 saturated heterocycles. The number of hydrogen-bond donors (Lipinski definition) is 3. The van der Waals surface area contributed by atoms with E-state index < -0.39 is 6.10 Å². The Labute approximate surface area is 92.9 Å². The molecule has 0 bridgehead atoms. The number of nitrogens with zero attached hydrogens (tertiary/aromatic N) is 1. The molecule has 1 atom stereocenters. The lowest BCUT2D eigenvalue weighted by Crippen LogP contribution is -2.00. The van der Waals surface area contributed by atoms with Crippen LogP contribution in [0.15, 0.2) is 22.1 Å². The van der Waals surface area contributed by atoms with Gasteiger partial charge in [0.2, 0.25) is 0 Å². The van der Waals surface area contributed by atoms with Gasteiger partial charge in [-0.15, -0.1) is 11.3 Å². The number of aromatic amines is 1. The summed E-state index contributed by atoms with van der Waals surface area (Å²) in [6, 6.07) is 1.89. The van der Waals surface area contributed by atoms with Crippen LogP contribution in [0.2, 0.25) is 0 Å². The zero-order chi connectivity index (χ0) is 10.1. The van der Waals surface area contributed by atoms with Crippen molar-refractivity contribution in [3.8, 4) is 0 Å². The first-order chi connectivity index (χ1) is 6.70. The fraction of sp³-hybridized carbons (Fsp3) is 0.125. The highest BCUT2D eigenvalue weighted by Crippen LogP contribution is 2.34. The fourth-order valence-corrected chi connectivity index (χ4v) is 2.76. The molecule has 14 heavy (non-hydrogen) atoms. The van der Waals surface area contributed by atoms with E-state index in [0.29, 0.717) is 11.4 Å². The molecule has 0 aromatic carbocycles. The van der Waals surface area contributed by atoms with Gasteiger partial charge in [-0.1, -0.05) is 0 Å². The minimum Gasteiger partial charge on any atom is -0.384 e. The molecule has 0 aliphatic heterocycles. The SMILES string of the molecule is Nc1[nH]ncc1C(O)c1sccc1Br. The van der Waals surface area contributed by atoms with E-state index in [0.717, 1.165) is 9.35 Å². The first-order valence-corrected chi connectivity index (χ1v) is 5.57. The van der Waals surface area contributed by atoms with Crippen molar-refractivity contribution in [1.29, 1.82) is 0 Å². The van der Waals surface area contributed by atoms with Crippen LogP contribution >= 0.6 is 27.3 Å². The topological polar surface area (TPSA) is 74.9 Å². The van der Waals surface area contributed by atoms with Crippen LogP contribution in [0.25, 0.3) is 0 Å². The number of aliphatic hydroxyl groups is 1. The number of anilines is 1. The Morgan fingerprint density at radius 1 is 1.64 bits per heavy atom. The summed E-state index contributed by atoms with van der Waals surface area (Å²) in [6.07, 6.45) is 0.815. The Kier molecular flexibility index (Phi) is 2.58. The molecule has 2 aromatic heterocycles. The van der Waals surface area contributed by atoms with Crippen LogP contribution in [0.3, 0.4) is 0 Å². The lowest BCUT2D eigenvalue weighted by Gasteiger charge is -2.07. The zero-order valence-electron chi connectivity index (χ0n) is 7.07. The number of aromatic nitrogens is 2. The first kappa shape index (κ1) is 9.70. The van der Waals surface area contributed by atoms with Crippen LogP contribution in [0.1, 0.15) is 16.5 Å². The minimum absolute atomic E-state index is 0.401. The van der Waals surface area contributed by atoms with Gasteiger partial charge in [0.15, 0.2) is 0 Å². The summed E-state index contributed by atoms with van der Waals surface area (Å²) in [7, 11) is 0. The van der Waals surface area contributed by atoms with Crippen molar-refractivity contribution in [1.82, 2.24) is 10.2 Å². The van der Waals surface area contributed by atoms with E-state index in [1.165, 1.54) is 17.5 Å². The monoisotopic (exact) mass is 273 g/mol. The summed E-state index contributed by atoms with van der Waals surface area (Å²) >= 11 is 4.83. The maximum atomic E-state index is 9.97. The van der Waals surface area contributed by atoms with Gasteiger partial charge in [0.1, 0.15) is 11.9 Å². The van der Waals surface area contributed by atoms with E-state index in [4.69, 9.17) is 5.73 Å². The van der Waals surface area contributed by atoms with Gasteiger partial charge >= 0.3 is 0 Å². The number of nitrogen functional groups attached to an aromatic ring is 1. The molecular weight excluding hydrogens is 266 g/mol. The smallest absolute Gasteiger partial charge is 0.125 e. The summed E-state index contributed by atoms with van der Waals surface area (Å²) in [5.74, 6) is 0.401. The molecule has 4 nitrogen and oxygen atoms in total. The maximum Gasteiger partial charge on any atom is 0.125 e. The molecule has 2 heterocycles. The van der Waals surface area contributed by atoms with E-state index in [9.17, 15) is 5.11 Å². The second kappa shape index (κ2) is 3.72. The number of rotatable bonds is 2. The van der Waals surface area contributed by atoms with Crippen molar-refractivity contribution in [3.05, 3.63) is 32.6 Å². The number of hydrogen-bond acceptors (Lipinski definition) is 4. The Morgan fingerprint density at radius 2 is 2.43 bits per heavy atom. The summed E-state index contributed by atoms with van der Waals surface area (Å²) in [5.41, 5.74) is 6.21. The highest BCUT2D eigenvalue weighted by Gasteiger charge is 2.18. The third-order valence-electron chi connectivity index (χ3n) is 1.89. The van der Waals surface area contributed by atoms with Crippen molar-refractivity contribution in [2.75, 3.05) is 5.73 Å². The van der Waals surface area contributed by atoms with Crippen molar-refractivity contribution in [2.45, 2.75) is 6.10 Å². The fourth-order valence-electron chi connectivity index (χ4n) is 1.17. The van der Waals surface area contributed by atoms with Gasteiger partial charge in [0.05, 0.1) is 11.1 Å². The number of nitrogens with two attached hydrogens (primary N) is 1. The predicted molar refractivity (Wildman–Crippen MR) is 59.1 cm³/mol. The van der Waals surface area contributed by atoms with Crippen molar-refractivity contribution in [2.24, 2.45) is 0 Å². The van der Waals surface area contributed by atoms with Gasteiger partial charge < -0.3 is 10.8 Å². The Hall–Kier alpha value is -0.850. The van der Waals surface area contributed by atoms with E-state index in [2.05, 4.69) is 26.1 Å². The third-order valence-corrected chi connectivity index (χ3v) is 3.81. The molecule has 0 fully saturated rings. The quantitative estimate of drug-likeness (QED) is 0.782. The number of thiophene rings is 1. The normalized spacial score (nSPS) is 13.0. The van der Waals surface area contributed by atoms with E-state index in [1.807, 2.05) is 11.4 Å². The second-order valence-electron chi connectivity index (χ2n) is 2.77. The molecular formula is C8H8BrN3OS. The molecule has 1 unspecified atom stereocenters. The van der Waals surface area contributed by atoms with Crippen molar-refractivity contribution in [3.63, 3.8) is 0 Å². The molecule has 0 amide bonds. The van der Waals surface area contributed by atoms with Crippen LogP contribution in [0.4, 0.5) is 5.82 Å². The molecule has 0 aliphatic rings. The first-order valence-electron chi connectivity index (χ1n) is 3.90. The van der Waals surface area contributed by atoms with Crippen molar-refractivity contribution < 1.29 is 5.11 Å². The van der Waals surface area contributed by atoms with E-state index in [-0.39, 0.29) is 0 Å². The number of halogens is 1. The summed E-state index contributed by atoms with van der Waals surface area (Å²) in [5, 5.41) is 18.2. The lowest BCUT2D eigenvalue weighted by atomic mass is 10.1. The van der Waals surface area contributed by atoms with Crippen LogP contribution in [0.5, 0.6) is 0 Å². The Morgan fingerprint density at radius 3 is 2.93 bits per heavy atom. The summed E-state index contributed by atoms with van der Waals surface area (Å²) in [6.45, 7) is 0. The van der Waals surface area contributed by atoms with Gasteiger partial charge in [0, 0.05) is 10.0 Å². The highest BCUT2D eigenvalue weighted by atomic mass is 79.9.